The Morgan fingerprint density at radius 2 is 1.79 bits per heavy atom. The van der Waals surface area contributed by atoms with Gasteiger partial charge in [0.1, 0.15) is 5.82 Å². The van der Waals surface area contributed by atoms with Crippen molar-refractivity contribution in [2.75, 3.05) is 5.32 Å². The van der Waals surface area contributed by atoms with Crippen molar-refractivity contribution in [2.24, 2.45) is 5.92 Å². The summed E-state index contributed by atoms with van der Waals surface area (Å²) < 4.78 is 13.7. The van der Waals surface area contributed by atoms with Crippen LogP contribution in [0.5, 0.6) is 0 Å². The van der Waals surface area contributed by atoms with Crippen molar-refractivity contribution >= 4 is 16.5 Å². The van der Waals surface area contributed by atoms with E-state index in [2.05, 4.69) is 59.9 Å². The maximum Gasteiger partial charge on any atom is 0.123 e. The molecule has 1 aliphatic heterocycles. The van der Waals surface area contributed by atoms with Gasteiger partial charge in [0.15, 0.2) is 0 Å². The van der Waals surface area contributed by atoms with Crippen molar-refractivity contribution in [1.82, 2.24) is 0 Å². The molecule has 0 saturated heterocycles. The average molecular weight is 315 g/mol. The first kappa shape index (κ1) is 13.8. The Bertz CT molecular complexity index is 954. The van der Waals surface area contributed by atoms with Gasteiger partial charge in [-0.15, -0.1) is 0 Å². The van der Waals surface area contributed by atoms with Gasteiger partial charge in [-0.2, -0.15) is 0 Å². The van der Waals surface area contributed by atoms with E-state index in [-0.39, 0.29) is 11.9 Å². The normalized spacial score (nSPS) is 24.5. The van der Waals surface area contributed by atoms with Gasteiger partial charge >= 0.3 is 0 Å². The highest BCUT2D eigenvalue weighted by Crippen LogP contribution is 2.50. The lowest BCUT2D eigenvalue weighted by Gasteiger charge is -2.38. The van der Waals surface area contributed by atoms with E-state index in [0.717, 1.165) is 17.7 Å². The number of hydrogen-bond acceptors (Lipinski definition) is 1. The summed E-state index contributed by atoms with van der Waals surface area (Å²) in [6.07, 6.45) is 5.53. The van der Waals surface area contributed by atoms with E-state index in [4.69, 9.17) is 0 Å². The first-order valence-electron chi connectivity index (χ1n) is 8.51. The summed E-state index contributed by atoms with van der Waals surface area (Å²) in [6, 6.07) is 20.4. The molecule has 1 nitrogen and oxygen atoms in total. The molecule has 2 aliphatic rings. The molecule has 0 spiro atoms. The predicted octanol–water partition coefficient (Wildman–Crippen LogP) is 5.81. The van der Waals surface area contributed by atoms with E-state index >= 15 is 0 Å². The van der Waals surface area contributed by atoms with Crippen LogP contribution in [0.25, 0.3) is 10.8 Å². The molecule has 3 unspecified atom stereocenters. The highest BCUT2D eigenvalue weighted by molar-refractivity contribution is 5.86. The molecule has 24 heavy (non-hydrogen) atoms. The number of nitrogens with one attached hydrogen (secondary N) is 1. The third-order valence-electron chi connectivity index (χ3n) is 5.48. The number of halogens is 1. The van der Waals surface area contributed by atoms with Crippen LogP contribution in [0.2, 0.25) is 0 Å². The molecule has 0 bridgehead atoms. The highest BCUT2D eigenvalue weighted by atomic mass is 19.1. The van der Waals surface area contributed by atoms with E-state index in [9.17, 15) is 4.39 Å². The van der Waals surface area contributed by atoms with Crippen molar-refractivity contribution in [3.63, 3.8) is 0 Å². The summed E-state index contributed by atoms with van der Waals surface area (Å²) >= 11 is 0. The highest BCUT2D eigenvalue weighted by Gasteiger charge is 2.38. The Kier molecular flexibility index (Phi) is 2.99. The van der Waals surface area contributed by atoms with Crippen LogP contribution in [0.3, 0.4) is 0 Å². The quantitative estimate of drug-likeness (QED) is 0.559. The molecular formula is C22H18FN. The maximum absolute atomic E-state index is 13.7. The Labute approximate surface area is 140 Å². The van der Waals surface area contributed by atoms with Crippen molar-refractivity contribution in [1.29, 1.82) is 0 Å². The zero-order chi connectivity index (χ0) is 16.1. The first-order valence-corrected chi connectivity index (χ1v) is 8.51. The molecular weight excluding hydrogens is 297 g/mol. The molecule has 3 aromatic rings. The minimum atomic E-state index is -0.154. The number of allylic oxidation sites excluding steroid dienone is 2. The Morgan fingerprint density at radius 1 is 0.917 bits per heavy atom. The Balaban J connectivity index is 1.68. The minimum absolute atomic E-state index is 0.154. The molecule has 3 aromatic carbocycles. The molecule has 0 radical (unpaired) electrons. The second-order valence-corrected chi connectivity index (χ2v) is 6.78. The summed E-state index contributed by atoms with van der Waals surface area (Å²) in [4.78, 5) is 0. The zero-order valence-electron chi connectivity index (χ0n) is 13.2. The van der Waals surface area contributed by atoms with Crippen LogP contribution < -0.4 is 5.32 Å². The summed E-state index contributed by atoms with van der Waals surface area (Å²) in [7, 11) is 0. The van der Waals surface area contributed by atoms with Gasteiger partial charge in [-0.1, -0.05) is 54.6 Å². The van der Waals surface area contributed by atoms with Crippen molar-refractivity contribution < 1.29 is 4.39 Å². The summed E-state index contributed by atoms with van der Waals surface area (Å²) in [5, 5.41) is 6.26. The van der Waals surface area contributed by atoms with Crippen LogP contribution in [0.15, 0.2) is 72.8 Å². The number of rotatable bonds is 1. The van der Waals surface area contributed by atoms with Crippen LogP contribution in [-0.2, 0) is 0 Å². The van der Waals surface area contributed by atoms with E-state index in [1.807, 2.05) is 6.07 Å². The molecule has 5 rings (SSSR count). The standard InChI is InChI=1S/C22H18FN/c23-15-11-12-21-20(13-15)17-8-4-10-19(17)22(24-21)18-9-3-6-14-5-1-2-7-16(14)18/h1-9,11-13,17,19,22,24H,10H2. The first-order chi connectivity index (χ1) is 11.8. The van der Waals surface area contributed by atoms with Crippen LogP contribution >= 0.6 is 0 Å². The fourth-order valence-corrected chi connectivity index (χ4v) is 4.39. The topological polar surface area (TPSA) is 12.0 Å². The number of hydrogen-bond donors (Lipinski definition) is 1. The predicted molar refractivity (Wildman–Crippen MR) is 96.7 cm³/mol. The van der Waals surface area contributed by atoms with Crippen LogP contribution in [0.1, 0.15) is 29.5 Å². The zero-order valence-corrected chi connectivity index (χ0v) is 13.2. The molecule has 2 heteroatoms. The van der Waals surface area contributed by atoms with Gasteiger partial charge in [0, 0.05) is 11.6 Å². The summed E-state index contributed by atoms with van der Waals surface area (Å²) in [5.41, 5.74) is 3.48. The molecule has 0 fully saturated rings. The van der Waals surface area contributed by atoms with Crippen molar-refractivity contribution in [3.8, 4) is 0 Å². The lowest BCUT2D eigenvalue weighted by atomic mass is 9.76. The monoisotopic (exact) mass is 315 g/mol. The Morgan fingerprint density at radius 3 is 2.75 bits per heavy atom. The molecule has 0 saturated carbocycles. The van der Waals surface area contributed by atoms with Gasteiger partial charge in [0.25, 0.3) is 0 Å². The molecule has 1 aliphatic carbocycles. The fourth-order valence-electron chi connectivity index (χ4n) is 4.39. The third-order valence-corrected chi connectivity index (χ3v) is 5.48. The molecule has 3 atom stereocenters. The largest absolute Gasteiger partial charge is 0.378 e. The summed E-state index contributed by atoms with van der Waals surface area (Å²) in [5.74, 6) is 0.573. The number of benzene rings is 3. The van der Waals surface area contributed by atoms with E-state index in [1.54, 1.807) is 12.1 Å². The van der Waals surface area contributed by atoms with Crippen molar-refractivity contribution in [2.45, 2.75) is 18.4 Å². The molecule has 1 heterocycles. The second kappa shape index (κ2) is 5.20. The maximum atomic E-state index is 13.7. The fraction of sp³-hybridized carbons (Fsp3) is 0.182. The number of fused-ring (bicyclic) bond motifs is 4. The van der Waals surface area contributed by atoms with Crippen molar-refractivity contribution in [3.05, 3.63) is 89.8 Å². The molecule has 118 valence electrons. The lowest BCUT2D eigenvalue weighted by Crippen LogP contribution is -2.29. The van der Waals surface area contributed by atoms with E-state index < -0.39 is 0 Å². The summed E-state index contributed by atoms with van der Waals surface area (Å²) in [6.45, 7) is 0. The third kappa shape index (κ3) is 1.99. The number of anilines is 1. The van der Waals surface area contributed by atoms with E-state index in [0.29, 0.717) is 11.8 Å². The van der Waals surface area contributed by atoms with Gasteiger partial charge in [-0.25, -0.2) is 4.39 Å². The Hall–Kier alpha value is -2.61. The van der Waals surface area contributed by atoms with Gasteiger partial charge in [0.2, 0.25) is 0 Å². The second-order valence-electron chi connectivity index (χ2n) is 6.78. The van der Waals surface area contributed by atoms with E-state index in [1.165, 1.54) is 16.3 Å². The molecule has 0 amide bonds. The minimum Gasteiger partial charge on any atom is -0.378 e. The lowest BCUT2D eigenvalue weighted by molar-refractivity contribution is 0.426. The van der Waals surface area contributed by atoms with Crippen LogP contribution in [-0.4, -0.2) is 0 Å². The van der Waals surface area contributed by atoms with Gasteiger partial charge in [-0.3, -0.25) is 0 Å². The van der Waals surface area contributed by atoms with Gasteiger partial charge in [-0.05, 0) is 52.4 Å². The molecule has 1 N–H and O–H groups in total. The average Bonchev–Trinajstić information content (AvgIpc) is 3.11. The SMILES string of the molecule is Fc1ccc2c(c1)C1C=CCC1C(c1cccc3ccccc13)N2. The van der Waals surface area contributed by atoms with Gasteiger partial charge < -0.3 is 5.32 Å². The van der Waals surface area contributed by atoms with Gasteiger partial charge in [0.05, 0.1) is 6.04 Å². The van der Waals surface area contributed by atoms with Crippen LogP contribution in [0.4, 0.5) is 10.1 Å². The smallest absolute Gasteiger partial charge is 0.123 e. The van der Waals surface area contributed by atoms with Crippen LogP contribution in [0, 0.1) is 11.7 Å². The molecule has 0 aromatic heterocycles.